The van der Waals surface area contributed by atoms with Crippen LogP contribution in [0.15, 0.2) is 12.3 Å². The Bertz CT molecular complexity index is 622. The zero-order valence-electron chi connectivity index (χ0n) is 11.7. The zero-order chi connectivity index (χ0) is 14.0. The number of nitrogens with zero attached hydrogens (tertiary/aromatic N) is 2. The Morgan fingerprint density at radius 2 is 2.26 bits per heavy atom. The van der Waals surface area contributed by atoms with Crippen LogP contribution in [0, 0.1) is 19.8 Å². The van der Waals surface area contributed by atoms with E-state index in [9.17, 15) is 4.79 Å². The lowest BCUT2D eigenvalue weighted by Gasteiger charge is -2.04. The third-order valence-corrected chi connectivity index (χ3v) is 3.64. The van der Waals surface area contributed by atoms with Crippen molar-refractivity contribution in [2.45, 2.75) is 27.7 Å². The van der Waals surface area contributed by atoms with Gasteiger partial charge in [0.05, 0.1) is 11.4 Å². The Morgan fingerprint density at radius 3 is 2.95 bits per heavy atom. The lowest BCUT2D eigenvalue weighted by Crippen LogP contribution is -2.25. The van der Waals surface area contributed by atoms with E-state index in [2.05, 4.69) is 31.1 Å². The van der Waals surface area contributed by atoms with Crippen molar-refractivity contribution in [2.75, 3.05) is 6.54 Å². The quantitative estimate of drug-likeness (QED) is 0.874. The number of rotatable bonds is 4. The molecule has 0 aliphatic heterocycles. The molecule has 0 bridgehead atoms. The average molecular weight is 277 g/mol. The number of carbonyl (C=O) groups is 1. The summed E-state index contributed by atoms with van der Waals surface area (Å²) < 4.78 is 2.03. The summed E-state index contributed by atoms with van der Waals surface area (Å²) in [6.07, 6.45) is 5.45. The summed E-state index contributed by atoms with van der Waals surface area (Å²) in [6.45, 7) is 8.85. The minimum atomic E-state index is -0.0602. The molecule has 2 aromatic heterocycles. The van der Waals surface area contributed by atoms with Crippen molar-refractivity contribution in [3.05, 3.63) is 28.5 Å². The topological polar surface area (TPSA) is 46.4 Å². The number of aromatic nitrogens is 2. The number of hydrogen-bond donors (Lipinski definition) is 1. The fourth-order valence-corrected chi connectivity index (χ4v) is 2.68. The van der Waals surface area contributed by atoms with Crippen LogP contribution >= 0.6 is 11.3 Å². The Balaban J connectivity index is 2.16. The SMILES string of the molecule is Cc1cn2c(/C=C\C(=O)NCC(C)C)c(C)nc2s1. The largest absolute Gasteiger partial charge is 0.352 e. The fourth-order valence-electron chi connectivity index (χ4n) is 1.80. The van der Waals surface area contributed by atoms with Gasteiger partial charge >= 0.3 is 0 Å². The van der Waals surface area contributed by atoms with E-state index in [0.717, 1.165) is 16.3 Å². The van der Waals surface area contributed by atoms with Gasteiger partial charge in [0, 0.05) is 23.7 Å². The molecule has 0 aliphatic rings. The van der Waals surface area contributed by atoms with Gasteiger partial charge in [-0.3, -0.25) is 9.20 Å². The molecular formula is C14H19N3OS. The minimum Gasteiger partial charge on any atom is -0.352 e. The standard InChI is InChI=1S/C14H19N3OS/c1-9(2)7-15-13(18)6-5-12-11(4)16-14-17(12)8-10(3)19-14/h5-6,8-9H,7H2,1-4H3,(H,15,18)/b6-5-. The minimum absolute atomic E-state index is 0.0602. The smallest absolute Gasteiger partial charge is 0.244 e. The van der Waals surface area contributed by atoms with E-state index < -0.39 is 0 Å². The predicted molar refractivity (Wildman–Crippen MR) is 79.4 cm³/mol. The molecule has 0 fully saturated rings. The van der Waals surface area contributed by atoms with Crippen LogP contribution < -0.4 is 5.32 Å². The number of hydrogen-bond acceptors (Lipinski definition) is 3. The maximum atomic E-state index is 11.7. The van der Waals surface area contributed by atoms with Crippen molar-refractivity contribution in [1.82, 2.24) is 14.7 Å². The second-order valence-electron chi connectivity index (χ2n) is 5.05. The zero-order valence-corrected chi connectivity index (χ0v) is 12.5. The third kappa shape index (κ3) is 3.23. The molecular weight excluding hydrogens is 258 g/mol. The summed E-state index contributed by atoms with van der Waals surface area (Å²) >= 11 is 1.65. The van der Waals surface area contributed by atoms with Crippen LogP contribution in [0.2, 0.25) is 0 Å². The van der Waals surface area contributed by atoms with Gasteiger partial charge in [-0.2, -0.15) is 0 Å². The van der Waals surface area contributed by atoms with Crippen LogP contribution in [0.5, 0.6) is 0 Å². The molecule has 0 spiro atoms. The summed E-state index contributed by atoms with van der Waals surface area (Å²) in [5.41, 5.74) is 1.92. The van der Waals surface area contributed by atoms with E-state index in [1.54, 1.807) is 17.4 Å². The van der Waals surface area contributed by atoms with Crippen molar-refractivity contribution in [3.63, 3.8) is 0 Å². The van der Waals surface area contributed by atoms with E-state index in [0.29, 0.717) is 12.5 Å². The van der Waals surface area contributed by atoms with Gasteiger partial charge in [0.25, 0.3) is 0 Å². The van der Waals surface area contributed by atoms with Crippen molar-refractivity contribution >= 4 is 28.3 Å². The molecule has 0 aromatic carbocycles. The Hall–Kier alpha value is -1.62. The van der Waals surface area contributed by atoms with E-state index in [4.69, 9.17) is 0 Å². The van der Waals surface area contributed by atoms with Gasteiger partial charge in [-0.25, -0.2) is 4.98 Å². The Labute approximate surface area is 117 Å². The molecule has 2 aromatic rings. The molecule has 0 saturated carbocycles. The molecule has 0 radical (unpaired) electrons. The predicted octanol–water partition coefficient (Wildman–Crippen LogP) is 2.80. The second-order valence-corrected chi connectivity index (χ2v) is 6.26. The average Bonchev–Trinajstić information content (AvgIpc) is 2.79. The van der Waals surface area contributed by atoms with Gasteiger partial charge < -0.3 is 5.32 Å². The summed E-state index contributed by atoms with van der Waals surface area (Å²) in [5, 5.41) is 2.86. The summed E-state index contributed by atoms with van der Waals surface area (Å²) in [4.78, 5) is 18.3. The van der Waals surface area contributed by atoms with Crippen LogP contribution in [0.3, 0.4) is 0 Å². The first kappa shape index (κ1) is 13.8. The highest BCUT2D eigenvalue weighted by Crippen LogP contribution is 2.21. The Morgan fingerprint density at radius 1 is 1.53 bits per heavy atom. The highest BCUT2D eigenvalue weighted by molar-refractivity contribution is 7.17. The first-order valence-electron chi connectivity index (χ1n) is 6.38. The highest BCUT2D eigenvalue weighted by Gasteiger charge is 2.08. The normalized spacial score (nSPS) is 11.8. The maximum absolute atomic E-state index is 11.7. The van der Waals surface area contributed by atoms with Gasteiger partial charge in [0.2, 0.25) is 5.91 Å². The van der Waals surface area contributed by atoms with Crippen LogP contribution in [0.1, 0.15) is 30.1 Å². The van der Waals surface area contributed by atoms with Crippen LogP contribution in [0.25, 0.3) is 11.0 Å². The first-order chi connectivity index (χ1) is 8.97. The number of fused-ring (bicyclic) bond motifs is 1. The molecule has 1 N–H and O–H groups in total. The number of amides is 1. The molecule has 0 saturated heterocycles. The highest BCUT2D eigenvalue weighted by atomic mass is 32.1. The van der Waals surface area contributed by atoms with Gasteiger partial charge in [-0.1, -0.05) is 13.8 Å². The van der Waals surface area contributed by atoms with Gasteiger partial charge in [-0.15, -0.1) is 11.3 Å². The molecule has 19 heavy (non-hydrogen) atoms. The molecule has 0 unspecified atom stereocenters. The van der Waals surface area contributed by atoms with Crippen molar-refractivity contribution < 1.29 is 4.79 Å². The first-order valence-corrected chi connectivity index (χ1v) is 7.20. The molecule has 0 aliphatic carbocycles. The number of carbonyl (C=O) groups excluding carboxylic acids is 1. The van der Waals surface area contributed by atoms with Crippen LogP contribution in [0.4, 0.5) is 0 Å². The molecule has 4 nitrogen and oxygen atoms in total. The lowest BCUT2D eigenvalue weighted by atomic mass is 10.2. The maximum Gasteiger partial charge on any atom is 0.244 e. The summed E-state index contributed by atoms with van der Waals surface area (Å²) in [7, 11) is 0. The van der Waals surface area contributed by atoms with Gasteiger partial charge in [0.1, 0.15) is 0 Å². The number of nitrogens with one attached hydrogen (secondary N) is 1. The number of thiazole rings is 1. The lowest BCUT2D eigenvalue weighted by molar-refractivity contribution is -0.116. The summed E-state index contributed by atoms with van der Waals surface area (Å²) in [6, 6.07) is 0. The number of aryl methyl sites for hydroxylation is 2. The monoisotopic (exact) mass is 277 g/mol. The fraction of sp³-hybridized carbons (Fsp3) is 0.429. The van der Waals surface area contributed by atoms with E-state index in [1.807, 2.05) is 23.6 Å². The van der Waals surface area contributed by atoms with Crippen molar-refractivity contribution in [2.24, 2.45) is 5.92 Å². The molecule has 2 rings (SSSR count). The van der Waals surface area contributed by atoms with Crippen LogP contribution in [-0.4, -0.2) is 21.8 Å². The molecule has 1 amide bonds. The van der Waals surface area contributed by atoms with E-state index >= 15 is 0 Å². The molecule has 2 heterocycles. The molecule has 102 valence electrons. The van der Waals surface area contributed by atoms with Crippen molar-refractivity contribution in [1.29, 1.82) is 0 Å². The second kappa shape index (κ2) is 5.57. The summed E-state index contributed by atoms with van der Waals surface area (Å²) in [5.74, 6) is 0.398. The molecule has 5 heteroatoms. The third-order valence-electron chi connectivity index (χ3n) is 2.74. The molecule has 0 atom stereocenters. The van der Waals surface area contributed by atoms with E-state index in [-0.39, 0.29) is 5.91 Å². The van der Waals surface area contributed by atoms with E-state index in [1.165, 1.54) is 4.88 Å². The number of imidazole rings is 1. The van der Waals surface area contributed by atoms with Crippen molar-refractivity contribution in [3.8, 4) is 0 Å². The van der Waals surface area contributed by atoms with Gasteiger partial charge in [-0.05, 0) is 25.8 Å². The van der Waals surface area contributed by atoms with Gasteiger partial charge in [0.15, 0.2) is 4.96 Å². The van der Waals surface area contributed by atoms with Crippen LogP contribution in [-0.2, 0) is 4.79 Å². The Kier molecular flexibility index (Phi) is 4.04.